The number of anilines is 1. The lowest BCUT2D eigenvalue weighted by molar-refractivity contribution is -0.115. The summed E-state index contributed by atoms with van der Waals surface area (Å²) in [6, 6.07) is 14.4. The van der Waals surface area contributed by atoms with Gasteiger partial charge in [-0.25, -0.2) is 0 Å². The molecular weight excluding hydrogens is 396 g/mol. The quantitative estimate of drug-likeness (QED) is 0.655. The number of halogens is 1. The maximum atomic E-state index is 12.6. The van der Waals surface area contributed by atoms with Crippen LogP contribution in [0.15, 0.2) is 53.4 Å². The highest BCUT2D eigenvalue weighted by Crippen LogP contribution is 2.26. The van der Waals surface area contributed by atoms with Crippen LogP contribution in [0.5, 0.6) is 0 Å². The third-order valence-electron chi connectivity index (χ3n) is 4.44. The molecule has 1 aliphatic heterocycles. The highest BCUT2D eigenvalue weighted by molar-refractivity contribution is 8.00. The van der Waals surface area contributed by atoms with Gasteiger partial charge in [0.05, 0.1) is 22.6 Å². The standard InChI is InChI=1S/C21H23ClN2O3S/c1-14(28-17-10-8-15(22)9-11-17)20(25)24-19-7-3-2-6-18(19)21(26)23-13-16-5-4-12-27-16/h2-3,6-11,14,16H,4-5,12-13H2,1H3,(H,23,26)(H,24,25)/t14-,16+/m0/s1. The SMILES string of the molecule is C[C@H](Sc1ccc(Cl)cc1)C(=O)Nc1ccccc1C(=O)NC[C@H]1CCCO1. The van der Waals surface area contributed by atoms with Crippen LogP contribution < -0.4 is 10.6 Å². The highest BCUT2D eigenvalue weighted by Gasteiger charge is 2.20. The van der Waals surface area contributed by atoms with Gasteiger partial charge in [0, 0.05) is 23.1 Å². The average Bonchev–Trinajstić information content (AvgIpc) is 3.22. The number of para-hydroxylation sites is 1. The van der Waals surface area contributed by atoms with Gasteiger partial charge in [0.15, 0.2) is 0 Å². The Labute approximate surface area is 174 Å². The number of nitrogens with one attached hydrogen (secondary N) is 2. The minimum atomic E-state index is -0.329. The molecule has 5 nitrogen and oxygen atoms in total. The summed E-state index contributed by atoms with van der Waals surface area (Å²) in [4.78, 5) is 26.1. The molecular formula is C21H23ClN2O3S. The van der Waals surface area contributed by atoms with Crippen LogP contribution in [-0.2, 0) is 9.53 Å². The predicted molar refractivity (Wildman–Crippen MR) is 113 cm³/mol. The van der Waals surface area contributed by atoms with Gasteiger partial charge in [-0.3, -0.25) is 9.59 Å². The largest absolute Gasteiger partial charge is 0.376 e. The molecule has 148 valence electrons. The van der Waals surface area contributed by atoms with Crippen molar-refractivity contribution in [3.8, 4) is 0 Å². The van der Waals surface area contributed by atoms with Gasteiger partial charge in [-0.2, -0.15) is 0 Å². The maximum absolute atomic E-state index is 12.6. The summed E-state index contributed by atoms with van der Waals surface area (Å²) in [6.45, 7) is 3.05. The monoisotopic (exact) mass is 418 g/mol. The van der Waals surface area contributed by atoms with Crippen molar-refractivity contribution < 1.29 is 14.3 Å². The van der Waals surface area contributed by atoms with Crippen molar-refractivity contribution in [2.24, 2.45) is 0 Å². The molecule has 0 spiro atoms. The zero-order chi connectivity index (χ0) is 19.9. The zero-order valence-electron chi connectivity index (χ0n) is 15.6. The molecule has 2 aromatic rings. The average molecular weight is 419 g/mol. The third kappa shape index (κ3) is 5.74. The van der Waals surface area contributed by atoms with E-state index >= 15 is 0 Å². The van der Waals surface area contributed by atoms with Crippen LogP contribution in [0, 0.1) is 0 Å². The van der Waals surface area contributed by atoms with Crippen LogP contribution in [0.3, 0.4) is 0 Å². The van der Waals surface area contributed by atoms with E-state index in [-0.39, 0.29) is 23.2 Å². The Morgan fingerprint density at radius 1 is 1.21 bits per heavy atom. The van der Waals surface area contributed by atoms with Gasteiger partial charge in [0.25, 0.3) is 5.91 Å². The molecule has 0 radical (unpaired) electrons. The predicted octanol–water partition coefficient (Wildman–Crippen LogP) is 4.37. The molecule has 0 bridgehead atoms. The smallest absolute Gasteiger partial charge is 0.253 e. The molecule has 2 N–H and O–H groups in total. The van der Waals surface area contributed by atoms with Crippen molar-refractivity contribution in [2.75, 3.05) is 18.5 Å². The van der Waals surface area contributed by atoms with Gasteiger partial charge in [-0.05, 0) is 56.2 Å². The van der Waals surface area contributed by atoms with Crippen LogP contribution in [0.2, 0.25) is 5.02 Å². The summed E-state index contributed by atoms with van der Waals surface area (Å²) in [5, 5.41) is 6.10. The number of thioether (sulfide) groups is 1. The van der Waals surface area contributed by atoms with E-state index in [0.717, 1.165) is 24.3 Å². The van der Waals surface area contributed by atoms with Crippen LogP contribution in [0.4, 0.5) is 5.69 Å². The molecule has 0 aromatic heterocycles. The summed E-state index contributed by atoms with van der Waals surface area (Å²) >= 11 is 7.33. The van der Waals surface area contributed by atoms with Gasteiger partial charge in [0.2, 0.25) is 5.91 Å². The molecule has 3 rings (SSSR count). The summed E-state index contributed by atoms with van der Waals surface area (Å²) in [5.41, 5.74) is 0.943. The number of hydrogen-bond acceptors (Lipinski definition) is 4. The van der Waals surface area contributed by atoms with Gasteiger partial charge in [-0.1, -0.05) is 23.7 Å². The minimum Gasteiger partial charge on any atom is -0.376 e. The van der Waals surface area contributed by atoms with E-state index in [4.69, 9.17) is 16.3 Å². The summed E-state index contributed by atoms with van der Waals surface area (Å²) in [5.74, 6) is -0.385. The lowest BCUT2D eigenvalue weighted by Crippen LogP contribution is -2.32. The second-order valence-electron chi connectivity index (χ2n) is 6.59. The summed E-state index contributed by atoms with van der Waals surface area (Å²) < 4.78 is 5.53. The fourth-order valence-electron chi connectivity index (χ4n) is 2.90. The van der Waals surface area contributed by atoms with Gasteiger partial charge >= 0.3 is 0 Å². The van der Waals surface area contributed by atoms with Crippen molar-refractivity contribution in [2.45, 2.75) is 36.0 Å². The summed E-state index contributed by atoms with van der Waals surface area (Å²) in [7, 11) is 0. The van der Waals surface area contributed by atoms with Crippen molar-refractivity contribution in [1.29, 1.82) is 0 Å². The van der Waals surface area contributed by atoms with Crippen LogP contribution in [0.25, 0.3) is 0 Å². The Morgan fingerprint density at radius 3 is 2.68 bits per heavy atom. The molecule has 7 heteroatoms. The molecule has 1 aliphatic rings. The maximum Gasteiger partial charge on any atom is 0.253 e. The molecule has 0 saturated carbocycles. The Balaban J connectivity index is 1.60. The second-order valence-corrected chi connectivity index (χ2v) is 8.44. The van der Waals surface area contributed by atoms with E-state index in [9.17, 15) is 9.59 Å². The number of carbonyl (C=O) groups is 2. The van der Waals surface area contributed by atoms with E-state index in [1.807, 2.05) is 19.1 Å². The first-order valence-corrected chi connectivity index (χ1v) is 10.5. The molecule has 1 heterocycles. The molecule has 0 unspecified atom stereocenters. The number of benzene rings is 2. The molecule has 0 aliphatic carbocycles. The molecule has 28 heavy (non-hydrogen) atoms. The van der Waals surface area contributed by atoms with E-state index in [1.165, 1.54) is 11.8 Å². The number of hydrogen-bond donors (Lipinski definition) is 2. The normalized spacial score (nSPS) is 17.1. The number of rotatable bonds is 7. The lowest BCUT2D eigenvalue weighted by Gasteiger charge is -2.16. The van der Waals surface area contributed by atoms with Gasteiger partial charge in [0.1, 0.15) is 0 Å². The fourth-order valence-corrected chi connectivity index (χ4v) is 3.90. The minimum absolute atomic E-state index is 0.0708. The first kappa shape index (κ1) is 20.7. The third-order valence-corrected chi connectivity index (χ3v) is 5.80. The second kappa shape index (κ2) is 9.96. The summed E-state index contributed by atoms with van der Waals surface area (Å²) in [6.07, 6.45) is 2.05. The van der Waals surface area contributed by atoms with E-state index in [1.54, 1.807) is 36.4 Å². The Hall–Kier alpha value is -2.02. The molecule has 1 saturated heterocycles. The topological polar surface area (TPSA) is 67.4 Å². The Morgan fingerprint density at radius 2 is 1.96 bits per heavy atom. The van der Waals surface area contributed by atoms with Gasteiger partial charge in [-0.15, -0.1) is 11.8 Å². The van der Waals surface area contributed by atoms with Crippen molar-refractivity contribution in [3.05, 3.63) is 59.1 Å². The van der Waals surface area contributed by atoms with E-state index < -0.39 is 0 Å². The number of carbonyl (C=O) groups excluding carboxylic acids is 2. The Kier molecular flexibility index (Phi) is 7.36. The zero-order valence-corrected chi connectivity index (χ0v) is 17.2. The first-order chi connectivity index (χ1) is 13.5. The van der Waals surface area contributed by atoms with Gasteiger partial charge < -0.3 is 15.4 Å². The molecule has 2 amide bonds. The fraction of sp³-hybridized carbons (Fsp3) is 0.333. The van der Waals surface area contributed by atoms with Crippen LogP contribution >= 0.6 is 23.4 Å². The van der Waals surface area contributed by atoms with E-state index in [2.05, 4.69) is 10.6 Å². The molecule has 1 fully saturated rings. The van der Waals surface area contributed by atoms with Crippen molar-refractivity contribution in [3.63, 3.8) is 0 Å². The molecule has 2 atom stereocenters. The van der Waals surface area contributed by atoms with Crippen molar-refractivity contribution in [1.82, 2.24) is 5.32 Å². The number of amides is 2. The van der Waals surface area contributed by atoms with Crippen molar-refractivity contribution >= 4 is 40.9 Å². The van der Waals surface area contributed by atoms with Crippen LogP contribution in [-0.4, -0.2) is 36.3 Å². The highest BCUT2D eigenvalue weighted by atomic mass is 35.5. The number of ether oxygens (including phenoxy) is 1. The van der Waals surface area contributed by atoms with Crippen LogP contribution in [0.1, 0.15) is 30.1 Å². The van der Waals surface area contributed by atoms with E-state index in [0.29, 0.717) is 22.8 Å². The molecule has 2 aromatic carbocycles. The first-order valence-electron chi connectivity index (χ1n) is 9.25. The lowest BCUT2D eigenvalue weighted by atomic mass is 10.1. The Bertz CT molecular complexity index is 823.